The first-order chi connectivity index (χ1) is 9.16. The second kappa shape index (κ2) is 7.06. The number of rotatable bonds is 4. The fourth-order valence-corrected chi connectivity index (χ4v) is 2.43. The number of nitrogens with one attached hydrogen (secondary N) is 1. The Morgan fingerprint density at radius 1 is 1.42 bits per heavy atom. The maximum Gasteiger partial charge on any atom is 0.342 e. The van der Waals surface area contributed by atoms with Crippen molar-refractivity contribution in [1.82, 2.24) is 0 Å². The van der Waals surface area contributed by atoms with Gasteiger partial charge in [-0.3, -0.25) is 0 Å². The van der Waals surface area contributed by atoms with Crippen molar-refractivity contribution in [2.75, 3.05) is 39.5 Å². The molecule has 1 heterocycles. The van der Waals surface area contributed by atoms with Crippen molar-refractivity contribution in [3.63, 3.8) is 0 Å². The normalized spacial score (nSPS) is 16.3. The highest BCUT2D eigenvalue weighted by Crippen LogP contribution is 2.20. The number of quaternary nitrogens is 1. The molecule has 1 aliphatic rings. The highest BCUT2D eigenvalue weighted by atomic mass is 127. The molecule has 6 heteroatoms. The molecule has 5 nitrogen and oxygen atoms in total. The van der Waals surface area contributed by atoms with Gasteiger partial charge in [-0.15, -0.1) is 0 Å². The van der Waals surface area contributed by atoms with E-state index >= 15 is 0 Å². The fraction of sp³-hybridized carbons (Fsp3) is 0.462. The molecule has 1 fully saturated rings. The predicted molar refractivity (Wildman–Crippen MR) is 77.5 cm³/mol. The van der Waals surface area contributed by atoms with Crippen LogP contribution >= 0.6 is 22.6 Å². The average Bonchev–Trinajstić information content (AvgIpc) is 2.39. The van der Waals surface area contributed by atoms with E-state index in [9.17, 15) is 9.90 Å². The van der Waals surface area contributed by atoms with Crippen LogP contribution in [-0.2, 0) is 9.47 Å². The Hall–Kier alpha value is -0.860. The standard InChI is InChI=1S/C13H16INO4/c14-10-1-2-11(12(16)9-10)13(17)19-8-5-15-3-6-18-7-4-15/h1-2,9,16H,3-8H2/p+1. The van der Waals surface area contributed by atoms with Crippen LogP contribution in [0.1, 0.15) is 10.4 Å². The Labute approximate surface area is 125 Å². The lowest BCUT2D eigenvalue weighted by molar-refractivity contribution is -0.908. The second-order valence-corrected chi connectivity index (χ2v) is 5.66. The molecule has 1 aliphatic heterocycles. The fourth-order valence-electron chi connectivity index (χ4n) is 1.95. The summed E-state index contributed by atoms with van der Waals surface area (Å²) in [7, 11) is 0. The molecule has 2 rings (SSSR count). The molecular weight excluding hydrogens is 361 g/mol. The van der Waals surface area contributed by atoms with Gasteiger partial charge in [-0.1, -0.05) is 0 Å². The first-order valence-corrected chi connectivity index (χ1v) is 7.31. The van der Waals surface area contributed by atoms with Gasteiger partial charge in [-0.25, -0.2) is 4.79 Å². The van der Waals surface area contributed by atoms with Gasteiger partial charge in [0.05, 0.1) is 13.2 Å². The zero-order valence-corrected chi connectivity index (χ0v) is 12.7. The number of ether oxygens (including phenoxy) is 2. The minimum Gasteiger partial charge on any atom is -0.507 e. The molecule has 19 heavy (non-hydrogen) atoms. The SMILES string of the molecule is O=C(OCC[NH+]1CCOCC1)c1ccc(I)cc1O. The number of phenols is 1. The molecule has 0 aromatic heterocycles. The van der Waals surface area contributed by atoms with Crippen LogP contribution in [-0.4, -0.2) is 50.5 Å². The molecule has 2 N–H and O–H groups in total. The Kier molecular flexibility index (Phi) is 5.41. The molecule has 0 saturated carbocycles. The van der Waals surface area contributed by atoms with E-state index in [1.165, 1.54) is 4.90 Å². The number of hydrogen-bond acceptors (Lipinski definition) is 4. The topological polar surface area (TPSA) is 60.2 Å². The number of halogens is 1. The van der Waals surface area contributed by atoms with E-state index in [0.29, 0.717) is 6.61 Å². The summed E-state index contributed by atoms with van der Waals surface area (Å²) in [6.07, 6.45) is 0. The van der Waals surface area contributed by atoms with Gasteiger partial charge in [0.2, 0.25) is 0 Å². The molecule has 1 aromatic rings. The summed E-state index contributed by atoms with van der Waals surface area (Å²) in [4.78, 5) is 13.2. The smallest absolute Gasteiger partial charge is 0.342 e. The molecule has 0 atom stereocenters. The van der Waals surface area contributed by atoms with Crippen molar-refractivity contribution >= 4 is 28.6 Å². The van der Waals surface area contributed by atoms with Crippen LogP contribution in [0, 0.1) is 3.57 Å². The van der Waals surface area contributed by atoms with Crippen LogP contribution in [0.25, 0.3) is 0 Å². The first-order valence-electron chi connectivity index (χ1n) is 6.24. The van der Waals surface area contributed by atoms with E-state index in [1.807, 2.05) is 0 Å². The van der Waals surface area contributed by atoms with Gasteiger partial charge in [0.15, 0.2) is 0 Å². The molecule has 1 aromatic carbocycles. The lowest BCUT2D eigenvalue weighted by Gasteiger charge is -2.23. The molecule has 104 valence electrons. The number of phenolic OH excluding ortho intramolecular Hbond substituents is 1. The van der Waals surface area contributed by atoms with Crippen LogP contribution in [0.5, 0.6) is 5.75 Å². The minimum atomic E-state index is -0.471. The number of esters is 1. The van der Waals surface area contributed by atoms with E-state index in [-0.39, 0.29) is 11.3 Å². The maximum absolute atomic E-state index is 11.8. The van der Waals surface area contributed by atoms with Gasteiger partial charge < -0.3 is 19.5 Å². The third-order valence-electron chi connectivity index (χ3n) is 3.07. The van der Waals surface area contributed by atoms with Gasteiger partial charge in [0, 0.05) is 3.57 Å². The van der Waals surface area contributed by atoms with Crippen molar-refractivity contribution in [3.05, 3.63) is 27.3 Å². The molecule has 0 bridgehead atoms. The van der Waals surface area contributed by atoms with Gasteiger partial charge >= 0.3 is 5.97 Å². The van der Waals surface area contributed by atoms with Crippen molar-refractivity contribution in [1.29, 1.82) is 0 Å². The van der Waals surface area contributed by atoms with Crippen LogP contribution in [0.3, 0.4) is 0 Å². The molecule has 0 unspecified atom stereocenters. The summed E-state index contributed by atoms with van der Waals surface area (Å²) in [5.74, 6) is -0.503. The van der Waals surface area contributed by atoms with E-state index in [0.717, 1.165) is 36.4 Å². The van der Waals surface area contributed by atoms with E-state index in [2.05, 4.69) is 22.6 Å². The molecule has 0 radical (unpaired) electrons. The van der Waals surface area contributed by atoms with Crippen LogP contribution in [0.4, 0.5) is 0 Å². The summed E-state index contributed by atoms with van der Waals surface area (Å²) < 4.78 is 11.3. The summed E-state index contributed by atoms with van der Waals surface area (Å²) >= 11 is 2.08. The quantitative estimate of drug-likeness (QED) is 0.575. The monoisotopic (exact) mass is 378 g/mol. The van der Waals surface area contributed by atoms with Gasteiger partial charge in [0.1, 0.15) is 37.6 Å². The Balaban J connectivity index is 1.80. The zero-order chi connectivity index (χ0) is 13.7. The summed E-state index contributed by atoms with van der Waals surface area (Å²) in [5.41, 5.74) is 0.220. The lowest BCUT2D eigenvalue weighted by atomic mass is 10.2. The van der Waals surface area contributed by atoms with Crippen molar-refractivity contribution in [2.45, 2.75) is 0 Å². The lowest BCUT2D eigenvalue weighted by Crippen LogP contribution is -3.14. The molecule has 0 aliphatic carbocycles. The summed E-state index contributed by atoms with van der Waals surface area (Å²) in [6, 6.07) is 4.90. The van der Waals surface area contributed by atoms with Crippen molar-refractivity contribution in [2.24, 2.45) is 0 Å². The predicted octanol–water partition coefficient (Wildman–Crippen LogP) is 0.0687. The van der Waals surface area contributed by atoms with Gasteiger partial charge in [0.25, 0.3) is 0 Å². The number of morpholine rings is 1. The van der Waals surface area contributed by atoms with Crippen LogP contribution in [0.2, 0.25) is 0 Å². The third-order valence-corrected chi connectivity index (χ3v) is 3.74. The number of carbonyl (C=O) groups excluding carboxylic acids is 1. The zero-order valence-electron chi connectivity index (χ0n) is 10.5. The summed E-state index contributed by atoms with van der Waals surface area (Å²) in [6.45, 7) is 4.57. The number of benzene rings is 1. The largest absolute Gasteiger partial charge is 0.507 e. The Morgan fingerprint density at radius 3 is 2.84 bits per heavy atom. The molecule has 1 saturated heterocycles. The molecule has 0 amide bonds. The second-order valence-electron chi connectivity index (χ2n) is 4.41. The maximum atomic E-state index is 11.8. The Bertz CT molecular complexity index is 446. The van der Waals surface area contributed by atoms with E-state index in [1.54, 1.807) is 18.2 Å². The van der Waals surface area contributed by atoms with E-state index in [4.69, 9.17) is 9.47 Å². The van der Waals surface area contributed by atoms with Gasteiger partial charge in [-0.05, 0) is 40.8 Å². The van der Waals surface area contributed by atoms with Crippen LogP contribution in [0.15, 0.2) is 18.2 Å². The number of hydrogen-bond donors (Lipinski definition) is 2. The number of carbonyl (C=O) groups is 1. The van der Waals surface area contributed by atoms with Crippen molar-refractivity contribution < 1.29 is 24.3 Å². The highest BCUT2D eigenvalue weighted by Gasteiger charge is 2.16. The Morgan fingerprint density at radius 2 is 2.16 bits per heavy atom. The average molecular weight is 378 g/mol. The summed E-state index contributed by atoms with van der Waals surface area (Å²) in [5, 5.41) is 9.68. The van der Waals surface area contributed by atoms with Gasteiger partial charge in [-0.2, -0.15) is 0 Å². The highest BCUT2D eigenvalue weighted by molar-refractivity contribution is 14.1. The van der Waals surface area contributed by atoms with Crippen LogP contribution < -0.4 is 4.90 Å². The minimum absolute atomic E-state index is 0.0318. The number of aromatic hydroxyl groups is 1. The van der Waals surface area contributed by atoms with E-state index < -0.39 is 5.97 Å². The first kappa shape index (κ1) is 14.5. The molecular formula is C13H17INO4+. The van der Waals surface area contributed by atoms with Crippen molar-refractivity contribution in [3.8, 4) is 5.75 Å². The third kappa shape index (κ3) is 4.32. The molecule has 0 spiro atoms.